The molecule has 0 saturated heterocycles. The molecule has 0 radical (unpaired) electrons. The molecule has 0 bridgehead atoms. The summed E-state index contributed by atoms with van der Waals surface area (Å²) >= 11 is 0. The van der Waals surface area contributed by atoms with Gasteiger partial charge in [0.25, 0.3) is 0 Å². The average Bonchev–Trinajstić information content (AvgIpc) is 3.20. The van der Waals surface area contributed by atoms with E-state index in [2.05, 4.69) is 43.5 Å². The molecular formula is C26H37NO3. The van der Waals surface area contributed by atoms with Crippen molar-refractivity contribution in [2.75, 3.05) is 13.3 Å². The van der Waals surface area contributed by atoms with E-state index in [-0.39, 0.29) is 5.91 Å². The Kier molecular flexibility index (Phi) is 11.5. The van der Waals surface area contributed by atoms with Crippen molar-refractivity contribution in [1.29, 1.82) is 0 Å². The summed E-state index contributed by atoms with van der Waals surface area (Å²) in [5.41, 5.74) is 1.17. The molecule has 0 fully saturated rings. The Morgan fingerprint density at radius 2 is 1.67 bits per heavy atom. The lowest BCUT2D eigenvalue weighted by Crippen LogP contribution is -2.25. The fourth-order valence-corrected chi connectivity index (χ4v) is 3.15. The fraction of sp³-hybridized carbons (Fsp3) is 0.500. The summed E-state index contributed by atoms with van der Waals surface area (Å²) in [6.45, 7) is 5.23. The average molecular weight is 412 g/mol. The summed E-state index contributed by atoms with van der Waals surface area (Å²) in [4.78, 5) is 11.5. The molecule has 0 unspecified atom stereocenters. The lowest BCUT2D eigenvalue weighted by Gasteiger charge is -2.03. The van der Waals surface area contributed by atoms with Gasteiger partial charge in [-0.2, -0.15) is 0 Å². The Morgan fingerprint density at radius 3 is 2.43 bits per heavy atom. The monoisotopic (exact) mass is 411 g/mol. The van der Waals surface area contributed by atoms with Gasteiger partial charge in [-0.3, -0.25) is 4.79 Å². The summed E-state index contributed by atoms with van der Waals surface area (Å²) in [5.74, 6) is 2.15. The number of amides is 1. The van der Waals surface area contributed by atoms with Gasteiger partial charge in [-0.25, -0.2) is 0 Å². The second kappa shape index (κ2) is 14.5. The van der Waals surface area contributed by atoms with Crippen LogP contribution in [-0.2, 0) is 4.79 Å². The van der Waals surface area contributed by atoms with E-state index in [0.717, 1.165) is 30.9 Å². The van der Waals surface area contributed by atoms with Crippen LogP contribution >= 0.6 is 0 Å². The molecule has 2 rings (SSSR count). The number of unbranched alkanes of at least 4 members (excludes halogenated alkanes) is 7. The molecule has 0 aromatic heterocycles. The highest BCUT2D eigenvalue weighted by Crippen LogP contribution is 2.32. The molecule has 0 saturated carbocycles. The summed E-state index contributed by atoms with van der Waals surface area (Å²) in [7, 11) is 0. The molecule has 30 heavy (non-hydrogen) atoms. The molecule has 4 nitrogen and oxygen atoms in total. The van der Waals surface area contributed by atoms with Crippen molar-refractivity contribution in [3.05, 3.63) is 54.1 Å². The molecule has 1 amide bonds. The Hall–Kier alpha value is -2.49. The third-order valence-corrected chi connectivity index (χ3v) is 4.88. The standard InChI is InChI=1S/C26H37NO3/c1-22(2)20-27-26(28)16-14-12-10-8-6-4-3-5-7-9-11-13-15-23-17-18-24-25(19-23)30-21-29-24/h10,12-19,22H,3-9,11,20-21H2,1-2H3,(H,27,28)/b12-10+,15-13+,16-14+. The number of allylic oxidation sites excluding steroid dienone is 4. The van der Waals surface area contributed by atoms with Gasteiger partial charge in [-0.1, -0.05) is 76.0 Å². The van der Waals surface area contributed by atoms with Gasteiger partial charge in [0, 0.05) is 12.6 Å². The third-order valence-electron chi connectivity index (χ3n) is 4.88. The highest BCUT2D eigenvalue weighted by atomic mass is 16.7. The molecule has 164 valence electrons. The van der Waals surface area contributed by atoms with Gasteiger partial charge in [0.15, 0.2) is 11.5 Å². The minimum Gasteiger partial charge on any atom is -0.454 e. The molecule has 1 heterocycles. The van der Waals surface area contributed by atoms with Crippen LogP contribution in [0.2, 0.25) is 0 Å². The van der Waals surface area contributed by atoms with Crippen molar-refractivity contribution in [3.8, 4) is 11.5 Å². The second-order valence-corrected chi connectivity index (χ2v) is 8.14. The zero-order valence-electron chi connectivity index (χ0n) is 18.6. The summed E-state index contributed by atoms with van der Waals surface area (Å²) in [5, 5.41) is 2.87. The maximum atomic E-state index is 11.5. The van der Waals surface area contributed by atoms with Crippen LogP contribution < -0.4 is 14.8 Å². The first-order chi connectivity index (χ1) is 14.6. The van der Waals surface area contributed by atoms with E-state index in [1.54, 1.807) is 6.08 Å². The first kappa shape index (κ1) is 23.8. The van der Waals surface area contributed by atoms with E-state index < -0.39 is 0 Å². The van der Waals surface area contributed by atoms with Crippen LogP contribution in [0.4, 0.5) is 0 Å². The lowest BCUT2D eigenvalue weighted by atomic mass is 10.1. The lowest BCUT2D eigenvalue weighted by molar-refractivity contribution is -0.116. The third kappa shape index (κ3) is 10.3. The van der Waals surface area contributed by atoms with Crippen molar-refractivity contribution in [2.24, 2.45) is 5.92 Å². The van der Waals surface area contributed by atoms with Gasteiger partial charge < -0.3 is 14.8 Å². The number of hydrogen-bond acceptors (Lipinski definition) is 3. The molecule has 1 aliphatic rings. The van der Waals surface area contributed by atoms with E-state index in [9.17, 15) is 4.79 Å². The Morgan fingerprint density at radius 1 is 0.967 bits per heavy atom. The SMILES string of the molecule is CC(C)CNC(=O)/C=C/C=C/CCCCCCCC/C=C/c1ccc2c(c1)OCO2. The molecule has 1 aliphatic heterocycles. The molecular weight excluding hydrogens is 374 g/mol. The quantitative estimate of drug-likeness (QED) is 0.218. The topological polar surface area (TPSA) is 47.6 Å². The van der Waals surface area contributed by atoms with Crippen LogP contribution in [0.5, 0.6) is 11.5 Å². The van der Waals surface area contributed by atoms with E-state index in [4.69, 9.17) is 9.47 Å². The molecule has 0 atom stereocenters. The highest BCUT2D eigenvalue weighted by molar-refractivity contribution is 5.87. The van der Waals surface area contributed by atoms with Gasteiger partial charge in [0.1, 0.15) is 0 Å². The number of hydrogen-bond donors (Lipinski definition) is 1. The molecule has 0 aliphatic carbocycles. The number of fused-ring (bicyclic) bond motifs is 1. The van der Waals surface area contributed by atoms with Gasteiger partial charge in [-0.15, -0.1) is 0 Å². The van der Waals surface area contributed by atoms with E-state index in [1.165, 1.54) is 44.1 Å². The summed E-state index contributed by atoms with van der Waals surface area (Å²) in [6.07, 6.45) is 21.8. The Balaban J connectivity index is 1.41. The van der Waals surface area contributed by atoms with E-state index in [0.29, 0.717) is 12.7 Å². The molecule has 0 spiro atoms. The largest absolute Gasteiger partial charge is 0.454 e. The number of carbonyl (C=O) groups is 1. The molecule has 1 N–H and O–H groups in total. The number of rotatable bonds is 14. The first-order valence-electron chi connectivity index (χ1n) is 11.3. The van der Waals surface area contributed by atoms with Crippen molar-refractivity contribution < 1.29 is 14.3 Å². The van der Waals surface area contributed by atoms with Crippen LogP contribution in [0, 0.1) is 5.92 Å². The van der Waals surface area contributed by atoms with E-state index in [1.807, 2.05) is 24.3 Å². The zero-order chi connectivity index (χ0) is 21.4. The fourth-order valence-electron chi connectivity index (χ4n) is 3.15. The van der Waals surface area contributed by atoms with Crippen molar-refractivity contribution >= 4 is 12.0 Å². The number of carbonyl (C=O) groups excluding carboxylic acids is 1. The Bertz CT molecular complexity index is 719. The normalized spacial score (nSPS) is 13.3. The van der Waals surface area contributed by atoms with Gasteiger partial charge in [0.05, 0.1) is 0 Å². The van der Waals surface area contributed by atoms with Gasteiger partial charge >= 0.3 is 0 Å². The molecule has 1 aromatic carbocycles. The smallest absolute Gasteiger partial charge is 0.243 e. The van der Waals surface area contributed by atoms with Gasteiger partial charge in [-0.05, 0) is 49.3 Å². The number of benzene rings is 1. The predicted molar refractivity (Wildman–Crippen MR) is 125 cm³/mol. The zero-order valence-corrected chi connectivity index (χ0v) is 18.6. The van der Waals surface area contributed by atoms with Crippen LogP contribution in [0.15, 0.2) is 48.6 Å². The minimum atomic E-state index is -0.0147. The molecule has 4 heteroatoms. The van der Waals surface area contributed by atoms with Crippen molar-refractivity contribution in [1.82, 2.24) is 5.32 Å². The molecule has 1 aromatic rings. The summed E-state index contributed by atoms with van der Waals surface area (Å²) < 4.78 is 10.7. The first-order valence-corrected chi connectivity index (χ1v) is 11.3. The van der Waals surface area contributed by atoms with Crippen LogP contribution in [-0.4, -0.2) is 19.2 Å². The second-order valence-electron chi connectivity index (χ2n) is 8.14. The maximum absolute atomic E-state index is 11.5. The van der Waals surface area contributed by atoms with Crippen molar-refractivity contribution in [3.63, 3.8) is 0 Å². The van der Waals surface area contributed by atoms with Gasteiger partial charge in [0.2, 0.25) is 12.7 Å². The van der Waals surface area contributed by atoms with Crippen LogP contribution in [0.25, 0.3) is 6.08 Å². The predicted octanol–water partition coefficient (Wildman–Crippen LogP) is 6.43. The minimum absolute atomic E-state index is 0.0147. The number of nitrogens with one attached hydrogen (secondary N) is 1. The van der Waals surface area contributed by atoms with Crippen LogP contribution in [0.3, 0.4) is 0 Å². The maximum Gasteiger partial charge on any atom is 0.243 e. The number of ether oxygens (including phenoxy) is 2. The van der Waals surface area contributed by atoms with Crippen LogP contribution in [0.1, 0.15) is 70.8 Å². The van der Waals surface area contributed by atoms with Crippen molar-refractivity contribution in [2.45, 2.75) is 65.2 Å². The summed E-state index contributed by atoms with van der Waals surface area (Å²) in [6, 6.07) is 6.07. The van der Waals surface area contributed by atoms with E-state index >= 15 is 0 Å². The highest BCUT2D eigenvalue weighted by Gasteiger charge is 2.11. The Labute approximate surface area is 182 Å².